The van der Waals surface area contributed by atoms with Crippen LogP contribution in [0, 0.1) is 17.8 Å². The third-order valence-electron chi connectivity index (χ3n) is 7.11. The Morgan fingerprint density at radius 3 is 2.49 bits per heavy atom. The molecule has 1 aromatic rings. The number of nitrogens with one attached hydrogen (secondary N) is 1. The third kappa shape index (κ3) is 8.87. The van der Waals surface area contributed by atoms with Crippen molar-refractivity contribution in [2.45, 2.75) is 43.4 Å². The van der Waals surface area contributed by atoms with E-state index in [4.69, 9.17) is 23.7 Å². The summed E-state index contributed by atoms with van der Waals surface area (Å²) < 4.78 is 56.9. The van der Waals surface area contributed by atoms with Gasteiger partial charge < -0.3 is 29.0 Å². The highest BCUT2D eigenvalue weighted by molar-refractivity contribution is 7.89. The molecule has 0 spiro atoms. The Bertz CT molecular complexity index is 1050. The zero-order valence-corrected chi connectivity index (χ0v) is 25.4. The quantitative estimate of drug-likeness (QED) is 0.351. The molecule has 3 rings (SSSR count). The summed E-state index contributed by atoms with van der Waals surface area (Å²) in [5.41, 5.74) is 0. The number of nitrogens with zero attached hydrogens (tertiary/aromatic N) is 1. The van der Waals surface area contributed by atoms with Crippen LogP contribution in [-0.4, -0.2) is 110 Å². The lowest BCUT2D eigenvalue weighted by atomic mass is 9.89. The molecular weight excluding hydrogens is 543 g/mol. The van der Waals surface area contributed by atoms with Crippen molar-refractivity contribution < 1.29 is 36.9 Å². The number of fused-ring (bicyclic) bond motifs is 1. The van der Waals surface area contributed by atoms with Crippen LogP contribution in [0.1, 0.15) is 20.3 Å². The lowest BCUT2D eigenvalue weighted by Crippen LogP contribution is -2.53. The zero-order chi connectivity index (χ0) is 28.6. The molecule has 6 unspecified atom stereocenters. The van der Waals surface area contributed by atoms with E-state index < -0.39 is 41.9 Å². The first-order valence-corrected chi connectivity index (χ1v) is 17.0. The summed E-state index contributed by atoms with van der Waals surface area (Å²) >= 11 is 0. The van der Waals surface area contributed by atoms with Crippen molar-refractivity contribution in [1.29, 1.82) is 0 Å². The number of carbonyl (C=O) groups is 1. The minimum Gasteiger partial charge on any atom is -0.497 e. The predicted octanol–water partition coefficient (Wildman–Crippen LogP) is 3.05. The molecular formula is C27H44N2O8PS+. The van der Waals surface area contributed by atoms with Crippen molar-refractivity contribution in [2.24, 2.45) is 17.8 Å². The highest BCUT2D eigenvalue weighted by atomic mass is 32.2. The van der Waals surface area contributed by atoms with Crippen LogP contribution in [0.25, 0.3) is 0 Å². The maximum absolute atomic E-state index is 13.7. The van der Waals surface area contributed by atoms with E-state index in [0.29, 0.717) is 50.8 Å². The van der Waals surface area contributed by atoms with Crippen molar-refractivity contribution in [3.05, 3.63) is 24.3 Å². The Labute approximate surface area is 234 Å². The summed E-state index contributed by atoms with van der Waals surface area (Å²) in [5.74, 6) is 1.05. The molecule has 12 heteroatoms. The molecule has 1 N–H and O–H groups in total. The van der Waals surface area contributed by atoms with Crippen molar-refractivity contribution in [2.75, 3.05) is 66.6 Å². The number of carbonyl (C=O) groups excluding carboxylic acids is 1. The summed E-state index contributed by atoms with van der Waals surface area (Å²) in [6.45, 7) is 8.42. The van der Waals surface area contributed by atoms with E-state index in [0.717, 1.165) is 6.42 Å². The number of sulfonamides is 1. The van der Waals surface area contributed by atoms with E-state index in [-0.39, 0.29) is 23.3 Å². The molecule has 10 nitrogen and oxygen atoms in total. The largest absolute Gasteiger partial charge is 0.497 e. The molecule has 2 heterocycles. The molecule has 0 aromatic heterocycles. The second-order valence-corrected chi connectivity index (χ2v) is 14.7. The first kappa shape index (κ1) is 31.8. The number of hydrogen-bond donors (Lipinski definition) is 1. The second-order valence-electron chi connectivity index (χ2n) is 10.7. The Morgan fingerprint density at radius 1 is 1.15 bits per heavy atom. The van der Waals surface area contributed by atoms with E-state index >= 15 is 0 Å². The molecule has 2 fully saturated rings. The molecule has 1 aromatic carbocycles. The zero-order valence-electron chi connectivity index (χ0n) is 23.7. The van der Waals surface area contributed by atoms with Crippen LogP contribution in [-0.2, 0) is 29.0 Å². The van der Waals surface area contributed by atoms with Gasteiger partial charge in [-0.15, -0.1) is 0 Å². The van der Waals surface area contributed by atoms with Gasteiger partial charge in [-0.2, -0.15) is 4.31 Å². The summed E-state index contributed by atoms with van der Waals surface area (Å²) in [5, 5.41) is 2.97. The second kappa shape index (κ2) is 14.8. The molecule has 39 heavy (non-hydrogen) atoms. The average molecular weight is 588 g/mol. The number of alkyl carbamates (subject to hydrolysis) is 1. The first-order valence-electron chi connectivity index (χ1n) is 13.4. The summed E-state index contributed by atoms with van der Waals surface area (Å²) in [6.07, 6.45) is 3.97. The van der Waals surface area contributed by atoms with Gasteiger partial charge >= 0.3 is 6.09 Å². The normalized spacial score (nSPS) is 23.6. The number of benzene rings is 1. The van der Waals surface area contributed by atoms with Gasteiger partial charge in [0.2, 0.25) is 10.0 Å². The van der Waals surface area contributed by atoms with Crippen LogP contribution in [0.5, 0.6) is 5.75 Å². The molecule has 0 saturated carbocycles. The number of methoxy groups -OCH3 is 2. The van der Waals surface area contributed by atoms with E-state index in [1.807, 2.05) is 20.5 Å². The lowest BCUT2D eigenvalue weighted by Gasteiger charge is -2.32. The van der Waals surface area contributed by atoms with Gasteiger partial charge in [0.25, 0.3) is 0 Å². The fourth-order valence-corrected chi connectivity index (χ4v) is 7.67. The molecule has 0 aliphatic carbocycles. The molecule has 220 valence electrons. The third-order valence-corrected chi connectivity index (χ3v) is 9.97. The Morgan fingerprint density at radius 2 is 1.87 bits per heavy atom. The maximum Gasteiger partial charge on any atom is 0.407 e. The maximum atomic E-state index is 13.7. The Kier molecular flexibility index (Phi) is 12.0. The van der Waals surface area contributed by atoms with Crippen molar-refractivity contribution in [3.8, 4) is 5.75 Å². The number of ether oxygens (including phenoxy) is 5. The number of amides is 1. The van der Waals surface area contributed by atoms with E-state index in [1.165, 1.54) is 30.7 Å². The SMILES string of the molecule is C=[P+](C)CC(NC(=O)OC1COCCC2COCC21)C(CN(CC(C)C)S(=O)(=O)c1ccc(OC)cc1)OC. The Balaban J connectivity index is 1.77. The summed E-state index contributed by atoms with van der Waals surface area (Å²) in [7, 11) is -1.47. The van der Waals surface area contributed by atoms with Gasteiger partial charge in [0, 0.05) is 39.3 Å². The molecule has 2 aliphatic heterocycles. The fraction of sp³-hybridized carbons (Fsp3) is 0.704. The highest BCUT2D eigenvalue weighted by Gasteiger charge is 2.40. The van der Waals surface area contributed by atoms with Crippen molar-refractivity contribution in [3.63, 3.8) is 0 Å². The van der Waals surface area contributed by atoms with Gasteiger partial charge in [0.1, 0.15) is 18.0 Å². The van der Waals surface area contributed by atoms with Crippen LogP contribution in [0.2, 0.25) is 0 Å². The van der Waals surface area contributed by atoms with E-state index in [1.54, 1.807) is 12.1 Å². The van der Waals surface area contributed by atoms with Gasteiger partial charge in [0.05, 0.1) is 57.9 Å². The molecule has 2 saturated heterocycles. The lowest BCUT2D eigenvalue weighted by molar-refractivity contribution is -0.00388. The molecule has 6 atom stereocenters. The van der Waals surface area contributed by atoms with Gasteiger partial charge in [0.15, 0.2) is 0 Å². The standard InChI is InChI=1S/C27H43N2O8PS/c1-19(2)13-29(39(31,32)22-9-7-21(33-3)8-10-22)14-25(34-4)24(18-38(5)6)28-27(30)37-26-17-35-12-11-20-15-36-16-23(20)26/h7-10,19-20,23-26H,5,11-18H2,1-4,6H3/p+1. The first-order chi connectivity index (χ1) is 18.5. The minimum absolute atomic E-state index is 0.0578. The highest BCUT2D eigenvalue weighted by Crippen LogP contribution is 2.31. The van der Waals surface area contributed by atoms with Gasteiger partial charge in [-0.05, 0) is 42.5 Å². The van der Waals surface area contributed by atoms with Crippen LogP contribution in [0.3, 0.4) is 0 Å². The predicted molar refractivity (Wildman–Crippen MR) is 153 cm³/mol. The minimum atomic E-state index is -3.84. The van der Waals surface area contributed by atoms with Gasteiger partial charge in [-0.3, -0.25) is 0 Å². The molecule has 0 bridgehead atoms. The van der Waals surface area contributed by atoms with Crippen LogP contribution in [0.4, 0.5) is 4.79 Å². The molecule has 1 amide bonds. The van der Waals surface area contributed by atoms with Gasteiger partial charge in [-0.1, -0.05) is 13.8 Å². The Hall–Kier alpha value is -1.75. The fourth-order valence-electron chi connectivity index (χ4n) is 5.06. The average Bonchev–Trinajstić information content (AvgIpc) is 3.28. The van der Waals surface area contributed by atoms with E-state index in [9.17, 15) is 13.2 Å². The van der Waals surface area contributed by atoms with E-state index in [2.05, 4.69) is 11.6 Å². The van der Waals surface area contributed by atoms with Crippen molar-refractivity contribution >= 4 is 30.0 Å². The topological polar surface area (TPSA) is 113 Å². The monoisotopic (exact) mass is 587 g/mol. The number of rotatable bonds is 13. The molecule has 2 aliphatic rings. The smallest absolute Gasteiger partial charge is 0.407 e. The van der Waals surface area contributed by atoms with Crippen molar-refractivity contribution in [1.82, 2.24) is 9.62 Å². The molecule has 0 radical (unpaired) electrons. The van der Waals surface area contributed by atoms with Crippen LogP contribution >= 0.6 is 7.55 Å². The number of hydrogen-bond acceptors (Lipinski definition) is 8. The summed E-state index contributed by atoms with van der Waals surface area (Å²) in [6, 6.07) is 5.82. The van der Waals surface area contributed by atoms with Crippen LogP contribution in [0.15, 0.2) is 29.2 Å². The summed E-state index contributed by atoms with van der Waals surface area (Å²) in [4.78, 5) is 13.3. The van der Waals surface area contributed by atoms with Gasteiger partial charge in [-0.25, -0.2) is 13.2 Å². The van der Waals surface area contributed by atoms with Crippen LogP contribution < -0.4 is 10.1 Å².